The number of carbonyl (C=O) groups is 1. The molecule has 0 radical (unpaired) electrons. The van der Waals surface area contributed by atoms with Gasteiger partial charge in [0.05, 0.1) is 10.4 Å². The summed E-state index contributed by atoms with van der Waals surface area (Å²) in [4.78, 5) is 12.5. The number of hydrogen-bond acceptors (Lipinski definition) is 2. The number of amides is 1. The first-order chi connectivity index (χ1) is 9.46. The average molecular weight is 296 g/mol. The van der Waals surface area contributed by atoms with Crippen molar-refractivity contribution in [2.24, 2.45) is 11.1 Å². The molecule has 0 spiro atoms. The summed E-state index contributed by atoms with van der Waals surface area (Å²) in [5.41, 5.74) is 5.78. The molecule has 0 bridgehead atoms. The molecule has 3 N–H and O–H groups in total. The molecule has 3 nitrogen and oxygen atoms in total. The number of benzene rings is 1. The molecule has 0 atom stereocenters. The first-order valence-electron chi connectivity index (χ1n) is 6.79. The SMILES string of the molecule is CCC(CC)(C(=O)NCCc1cccc(F)c1)C(N)=S. The van der Waals surface area contributed by atoms with Gasteiger partial charge >= 0.3 is 0 Å². The Labute approximate surface area is 124 Å². The number of rotatable bonds is 7. The quantitative estimate of drug-likeness (QED) is 0.760. The summed E-state index contributed by atoms with van der Waals surface area (Å²) in [5, 5.41) is 2.85. The topological polar surface area (TPSA) is 55.1 Å². The molecule has 0 aliphatic heterocycles. The zero-order valence-corrected chi connectivity index (χ0v) is 12.7. The van der Waals surface area contributed by atoms with Crippen molar-refractivity contribution >= 4 is 23.1 Å². The van der Waals surface area contributed by atoms with Crippen LogP contribution in [-0.4, -0.2) is 17.4 Å². The summed E-state index contributed by atoms with van der Waals surface area (Å²) >= 11 is 5.03. The van der Waals surface area contributed by atoms with E-state index in [4.69, 9.17) is 18.0 Å². The molecular formula is C15H21FN2OS. The van der Waals surface area contributed by atoms with Gasteiger partial charge in [-0.15, -0.1) is 0 Å². The van der Waals surface area contributed by atoms with Crippen LogP contribution < -0.4 is 11.1 Å². The number of hydrogen-bond donors (Lipinski definition) is 2. The lowest BCUT2D eigenvalue weighted by molar-refractivity contribution is -0.127. The maximum atomic E-state index is 13.0. The van der Waals surface area contributed by atoms with Crippen LogP contribution in [0.15, 0.2) is 24.3 Å². The van der Waals surface area contributed by atoms with Gasteiger partial charge in [0.1, 0.15) is 5.82 Å². The van der Waals surface area contributed by atoms with Gasteiger partial charge in [0.15, 0.2) is 0 Å². The lowest BCUT2D eigenvalue weighted by Gasteiger charge is -2.28. The minimum atomic E-state index is -0.780. The normalized spacial score (nSPS) is 11.2. The molecular weight excluding hydrogens is 275 g/mol. The minimum absolute atomic E-state index is 0.147. The van der Waals surface area contributed by atoms with Crippen LogP contribution in [0.3, 0.4) is 0 Å². The van der Waals surface area contributed by atoms with E-state index >= 15 is 0 Å². The third kappa shape index (κ3) is 3.76. The summed E-state index contributed by atoms with van der Waals surface area (Å²) in [7, 11) is 0. The Morgan fingerprint density at radius 3 is 2.55 bits per heavy atom. The van der Waals surface area contributed by atoms with E-state index < -0.39 is 5.41 Å². The van der Waals surface area contributed by atoms with Crippen molar-refractivity contribution in [3.63, 3.8) is 0 Å². The van der Waals surface area contributed by atoms with Gasteiger partial charge in [-0.05, 0) is 37.0 Å². The molecule has 20 heavy (non-hydrogen) atoms. The van der Waals surface area contributed by atoms with Gasteiger partial charge in [0.2, 0.25) is 5.91 Å². The smallest absolute Gasteiger partial charge is 0.233 e. The van der Waals surface area contributed by atoms with Crippen LogP contribution in [0.2, 0.25) is 0 Å². The molecule has 0 saturated heterocycles. The predicted octanol–water partition coefficient (Wildman–Crippen LogP) is 2.58. The molecule has 0 aliphatic rings. The lowest BCUT2D eigenvalue weighted by atomic mass is 9.81. The van der Waals surface area contributed by atoms with E-state index in [9.17, 15) is 9.18 Å². The fourth-order valence-electron chi connectivity index (χ4n) is 2.21. The molecule has 0 aromatic heterocycles. The van der Waals surface area contributed by atoms with Gasteiger partial charge in [-0.25, -0.2) is 4.39 Å². The van der Waals surface area contributed by atoms with Crippen molar-refractivity contribution in [1.29, 1.82) is 0 Å². The molecule has 0 unspecified atom stereocenters. The van der Waals surface area contributed by atoms with Crippen molar-refractivity contribution in [2.45, 2.75) is 33.1 Å². The third-order valence-corrected chi connectivity index (χ3v) is 4.09. The number of nitrogens with two attached hydrogens (primary N) is 1. The van der Waals surface area contributed by atoms with Gasteiger partial charge in [-0.2, -0.15) is 0 Å². The largest absolute Gasteiger partial charge is 0.392 e. The predicted molar refractivity (Wildman–Crippen MR) is 82.9 cm³/mol. The van der Waals surface area contributed by atoms with Gasteiger partial charge in [-0.1, -0.05) is 38.2 Å². The van der Waals surface area contributed by atoms with E-state index in [2.05, 4.69) is 5.32 Å². The van der Waals surface area contributed by atoms with Gasteiger partial charge in [0, 0.05) is 6.54 Å². The van der Waals surface area contributed by atoms with E-state index in [1.165, 1.54) is 12.1 Å². The summed E-state index contributed by atoms with van der Waals surface area (Å²) in [5.74, 6) is -0.417. The average Bonchev–Trinajstić information content (AvgIpc) is 2.40. The van der Waals surface area contributed by atoms with E-state index in [1.807, 2.05) is 19.9 Å². The molecule has 1 aromatic rings. The van der Waals surface area contributed by atoms with Crippen LogP contribution in [0.1, 0.15) is 32.3 Å². The zero-order valence-electron chi connectivity index (χ0n) is 11.9. The van der Waals surface area contributed by atoms with Crippen molar-refractivity contribution < 1.29 is 9.18 Å². The Morgan fingerprint density at radius 2 is 2.05 bits per heavy atom. The van der Waals surface area contributed by atoms with Crippen LogP contribution in [0.4, 0.5) is 4.39 Å². The molecule has 110 valence electrons. The van der Waals surface area contributed by atoms with E-state index in [0.29, 0.717) is 25.8 Å². The second kappa shape index (κ2) is 7.33. The Hall–Kier alpha value is -1.49. The molecule has 0 fully saturated rings. The lowest BCUT2D eigenvalue weighted by Crippen LogP contribution is -2.48. The molecule has 0 heterocycles. The number of nitrogens with one attached hydrogen (secondary N) is 1. The number of thiocarbonyl (C=S) groups is 1. The number of carbonyl (C=O) groups excluding carboxylic acids is 1. The third-order valence-electron chi connectivity index (χ3n) is 3.70. The second-order valence-electron chi connectivity index (χ2n) is 4.79. The highest BCUT2D eigenvalue weighted by Gasteiger charge is 2.37. The van der Waals surface area contributed by atoms with Gasteiger partial charge in [0.25, 0.3) is 0 Å². The molecule has 1 amide bonds. The summed E-state index contributed by atoms with van der Waals surface area (Å²) in [6.45, 7) is 4.23. The summed E-state index contributed by atoms with van der Waals surface area (Å²) in [6, 6.07) is 6.35. The molecule has 5 heteroatoms. The highest BCUT2D eigenvalue weighted by atomic mass is 32.1. The summed E-state index contributed by atoms with van der Waals surface area (Å²) < 4.78 is 13.0. The Bertz CT molecular complexity index is 487. The second-order valence-corrected chi connectivity index (χ2v) is 5.23. The molecule has 1 aromatic carbocycles. The monoisotopic (exact) mass is 296 g/mol. The Morgan fingerprint density at radius 1 is 1.40 bits per heavy atom. The standard InChI is InChI=1S/C15H21FN2OS/c1-3-15(4-2,13(17)20)14(19)18-9-8-11-6-5-7-12(16)10-11/h5-7,10H,3-4,8-9H2,1-2H3,(H2,17,20)(H,18,19). The zero-order chi connectivity index (χ0) is 15.2. The number of halogens is 1. The maximum absolute atomic E-state index is 13.0. The maximum Gasteiger partial charge on any atom is 0.233 e. The Balaban J connectivity index is 2.60. The van der Waals surface area contributed by atoms with E-state index in [1.54, 1.807) is 6.07 Å². The van der Waals surface area contributed by atoms with Crippen LogP contribution in [0.5, 0.6) is 0 Å². The van der Waals surface area contributed by atoms with Crippen LogP contribution in [0, 0.1) is 11.2 Å². The van der Waals surface area contributed by atoms with Crippen LogP contribution in [0.25, 0.3) is 0 Å². The van der Waals surface area contributed by atoms with E-state index in [-0.39, 0.29) is 16.7 Å². The highest BCUT2D eigenvalue weighted by molar-refractivity contribution is 7.80. The molecule has 0 saturated carbocycles. The first-order valence-corrected chi connectivity index (χ1v) is 7.19. The van der Waals surface area contributed by atoms with Gasteiger partial charge in [-0.3, -0.25) is 4.79 Å². The minimum Gasteiger partial charge on any atom is -0.392 e. The molecule has 0 aliphatic carbocycles. The van der Waals surface area contributed by atoms with Crippen LogP contribution in [-0.2, 0) is 11.2 Å². The highest BCUT2D eigenvalue weighted by Crippen LogP contribution is 2.27. The van der Waals surface area contributed by atoms with Crippen molar-refractivity contribution in [3.05, 3.63) is 35.6 Å². The van der Waals surface area contributed by atoms with Crippen molar-refractivity contribution in [1.82, 2.24) is 5.32 Å². The molecule has 1 rings (SSSR count). The van der Waals surface area contributed by atoms with E-state index in [0.717, 1.165) is 5.56 Å². The summed E-state index contributed by atoms with van der Waals surface area (Å²) in [6.07, 6.45) is 1.72. The van der Waals surface area contributed by atoms with Crippen molar-refractivity contribution in [2.75, 3.05) is 6.54 Å². The Kier molecular flexibility index (Phi) is 6.07. The first kappa shape index (κ1) is 16.6. The van der Waals surface area contributed by atoms with Crippen LogP contribution >= 0.6 is 12.2 Å². The van der Waals surface area contributed by atoms with Crippen molar-refractivity contribution in [3.8, 4) is 0 Å². The van der Waals surface area contributed by atoms with Gasteiger partial charge < -0.3 is 11.1 Å². The fourth-order valence-corrected chi connectivity index (χ4v) is 2.59. The fraction of sp³-hybridized carbons (Fsp3) is 0.467.